The summed E-state index contributed by atoms with van der Waals surface area (Å²) in [6, 6.07) is 0. The Kier molecular flexibility index (Phi) is 49.8. The van der Waals surface area contributed by atoms with Gasteiger partial charge in [-0.3, -0.25) is 14.4 Å². The molecule has 0 aliphatic heterocycles. The van der Waals surface area contributed by atoms with Gasteiger partial charge in [-0.05, 0) is 77.0 Å². The summed E-state index contributed by atoms with van der Waals surface area (Å²) in [6.07, 6.45) is 62.5. The van der Waals surface area contributed by atoms with E-state index in [9.17, 15) is 14.4 Å². The highest BCUT2D eigenvalue weighted by molar-refractivity contribution is 5.71. The lowest BCUT2D eigenvalue weighted by molar-refractivity contribution is -0.167. The minimum Gasteiger partial charge on any atom is -0.462 e. The van der Waals surface area contributed by atoms with Crippen LogP contribution in [0.5, 0.6) is 0 Å². The molecule has 366 valence electrons. The fraction of sp³-hybridized carbons (Fsp3) is 0.807. The maximum absolute atomic E-state index is 12.7. The molecule has 0 bridgehead atoms. The van der Waals surface area contributed by atoms with Crippen LogP contribution < -0.4 is 0 Å². The Morgan fingerprint density at radius 1 is 0.317 bits per heavy atom. The zero-order valence-electron chi connectivity index (χ0n) is 41.8. The second-order valence-electron chi connectivity index (χ2n) is 18.1. The number of esters is 3. The maximum Gasteiger partial charge on any atom is 0.306 e. The van der Waals surface area contributed by atoms with Crippen molar-refractivity contribution >= 4 is 17.9 Å². The van der Waals surface area contributed by atoms with E-state index >= 15 is 0 Å². The Balaban J connectivity index is 4.17. The standard InChI is InChI=1S/C57H102O6/c1-4-7-10-13-16-19-21-22-23-24-25-26-27-28-29-30-31-32-33-34-36-38-41-44-47-50-56(59)62-53-54(52-61-55(58)49-46-43-40-37-18-15-12-9-6-3)63-57(60)51-48-45-42-39-35-20-17-14-11-8-5-2/h14,17,21-22,24-25,27-28,54H,4-13,15-16,18-20,23,26,29-53H2,1-3H3/b17-14-,22-21-,25-24-,28-27-. The highest BCUT2D eigenvalue weighted by Crippen LogP contribution is 2.15. The molecule has 0 spiro atoms. The van der Waals surface area contributed by atoms with Crippen molar-refractivity contribution in [1.29, 1.82) is 0 Å². The van der Waals surface area contributed by atoms with Crippen molar-refractivity contribution in [1.82, 2.24) is 0 Å². The summed E-state index contributed by atoms with van der Waals surface area (Å²) in [5.74, 6) is -0.886. The Morgan fingerprint density at radius 3 is 0.952 bits per heavy atom. The number of unbranched alkanes of at least 4 members (excludes halogenated alkanes) is 30. The number of carbonyl (C=O) groups is 3. The summed E-state index contributed by atoms with van der Waals surface area (Å²) in [5.41, 5.74) is 0. The summed E-state index contributed by atoms with van der Waals surface area (Å²) in [6.45, 7) is 6.57. The van der Waals surface area contributed by atoms with Gasteiger partial charge in [0.25, 0.3) is 0 Å². The Hall–Kier alpha value is -2.63. The number of carbonyl (C=O) groups excluding carboxylic acids is 3. The first-order valence-electron chi connectivity index (χ1n) is 27.1. The van der Waals surface area contributed by atoms with Gasteiger partial charge in [0.15, 0.2) is 6.10 Å². The summed E-state index contributed by atoms with van der Waals surface area (Å²) < 4.78 is 16.8. The average Bonchev–Trinajstić information content (AvgIpc) is 3.28. The van der Waals surface area contributed by atoms with Crippen molar-refractivity contribution in [2.24, 2.45) is 0 Å². The van der Waals surface area contributed by atoms with E-state index in [2.05, 4.69) is 69.4 Å². The van der Waals surface area contributed by atoms with Crippen molar-refractivity contribution in [3.05, 3.63) is 48.6 Å². The van der Waals surface area contributed by atoms with Crippen LogP contribution in [0.1, 0.15) is 278 Å². The number of hydrogen-bond donors (Lipinski definition) is 0. The molecule has 0 aromatic rings. The summed E-state index contributed by atoms with van der Waals surface area (Å²) >= 11 is 0. The van der Waals surface area contributed by atoms with Gasteiger partial charge < -0.3 is 14.2 Å². The number of rotatable bonds is 49. The predicted molar refractivity (Wildman–Crippen MR) is 270 cm³/mol. The molecule has 0 saturated carbocycles. The summed E-state index contributed by atoms with van der Waals surface area (Å²) in [5, 5.41) is 0. The van der Waals surface area contributed by atoms with Gasteiger partial charge in [-0.25, -0.2) is 0 Å². The lowest BCUT2D eigenvalue weighted by Crippen LogP contribution is -2.30. The molecule has 6 nitrogen and oxygen atoms in total. The van der Waals surface area contributed by atoms with Gasteiger partial charge in [0.05, 0.1) is 0 Å². The average molecular weight is 883 g/mol. The van der Waals surface area contributed by atoms with Gasteiger partial charge in [0.2, 0.25) is 0 Å². The van der Waals surface area contributed by atoms with Gasteiger partial charge in [0, 0.05) is 19.3 Å². The first-order chi connectivity index (χ1) is 31.0. The Labute approximate surface area is 390 Å². The van der Waals surface area contributed by atoms with Gasteiger partial charge in [-0.2, -0.15) is 0 Å². The molecule has 0 radical (unpaired) electrons. The van der Waals surface area contributed by atoms with E-state index in [1.807, 2.05) is 0 Å². The molecule has 0 fully saturated rings. The Bertz CT molecular complexity index is 1110. The van der Waals surface area contributed by atoms with Crippen LogP contribution in [0.25, 0.3) is 0 Å². The van der Waals surface area contributed by atoms with E-state index in [0.717, 1.165) is 83.5 Å². The molecule has 0 amide bonds. The van der Waals surface area contributed by atoms with Crippen LogP contribution >= 0.6 is 0 Å². The van der Waals surface area contributed by atoms with Crippen LogP contribution in [0.3, 0.4) is 0 Å². The molecular weight excluding hydrogens is 781 g/mol. The minimum absolute atomic E-state index is 0.0756. The molecule has 0 heterocycles. The van der Waals surface area contributed by atoms with Crippen molar-refractivity contribution < 1.29 is 28.6 Å². The third kappa shape index (κ3) is 50.2. The van der Waals surface area contributed by atoms with Crippen LogP contribution in [0.15, 0.2) is 48.6 Å². The highest BCUT2D eigenvalue weighted by Gasteiger charge is 2.19. The largest absolute Gasteiger partial charge is 0.462 e. The van der Waals surface area contributed by atoms with E-state index in [1.54, 1.807) is 0 Å². The number of allylic oxidation sites excluding steroid dienone is 8. The van der Waals surface area contributed by atoms with Crippen LogP contribution in [0, 0.1) is 0 Å². The quantitative estimate of drug-likeness (QED) is 0.0262. The van der Waals surface area contributed by atoms with Gasteiger partial charge >= 0.3 is 17.9 Å². The molecule has 0 saturated heterocycles. The lowest BCUT2D eigenvalue weighted by atomic mass is 10.1. The lowest BCUT2D eigenvalue weighted by Gasteiger charge is -2.18. The van der Waals surface area contributed by atoms with Crippen LogP contribution in [0.2, 0.25) is 0 Å². The first-order valence-corrected chi connectivity index (χ1v) is 27.1. The molecular formula is C57H102O6. The normalized spacial score (nSPS) is 12.4. The van der Waals surface area contributed by atoms with Crippen molar-refractivity contribution in [3.8, 4) is 0 Å². The maximum atomic E-state index is 12.7. The fourth-order valence-corrected chi connectivity index (χ4v) is 7.67. The molecule has 0 N–H and O–H groups in total. The van der Waals surface area contributed by atoms with Crippen LogP contribution in [-0.2, 0) is 28.6 Å². The van der Waals surface area contributed by atoms with E-state index < -0.39 is 6.10 Å². The molecule has 0 aromatic heterocycles. The summed E-state index contributed by atoms with van der Waals surface area (Å²) in [4.78, 5) is 37.9. The van der Waals surface area contributed by atoms with Crippen LogP contribution in [-0.4, -0.2) is 37.2 Å². The summed E-state index contributed by atoms with van der Waals surface area (Å²) in [7, 11) is 0. The molecule has 6 heteroatoms. The molecule has 0 aliphatic rings. The SMILES string of the molecule is CCCC/C=C\CCCCCCCC(=O)OC(COC(=O)CCCCCCCCCCC)COC(=O)CCCCCCCCCCCC/C=C\C/C=C\C/C=C\CCCCCCC. The molecule has 1 atom stereocenters. The number of hydrogen-bond acceptors (Lipinski definition) is 6. The first kappa shape index (κ1) is 60.4. The molecule has 63 heavy (non-hydrogen) atoms. The van der Waals surface area contributed by atoms with E-state index in [1.165, 1.54) is 154 Å². The zero-order valence-corrected chi connectivity index (χ0v) is 41.8. The third-order valence-electron chi connectivity index (χ3n) is 11.8. The second kappa shape index (κ2) is 52.0. The van der Waals surface area contributed by atoms with E-state index in [4.69, 9.17) is 14.2 Å². The molecule has 0 aromatic carbocycles. The molecule has 1 unspecified atom stereocenters. The monoisotopic (exact) mass is 883 g/mol. The van der Waals surface area contributed by atoms with Gasteiger partial charge in [-0.15, -0.1) is 0 Å². The molecule has 0 rings (SSSR count). The third-order valence-corrected chi connectivity index (χ3v) is 11.8. The smallest absolute Gasteiger partial charge is 0.306 e. The van der Waals surface area contributed by atoms with Crippen molar-refractivity contribution in [2.45, 2.75) is 284 Å². The van der Waals surface area contributed by atoms with Crippen LogP contribution in [0.4, 0.5) is 0 Å². The van der Waals surface area contributed by atoms with Crippen molar-refractivity contribution in [2.75, 3.05) is 13.2 Å². The predicted octanol–water partition coefficient (Wildman–Crippen LogP) is 17.9. The van der Waals surface area contributed by atoms with E-state index in [-0.39, 0.29) is 31.1 Å². The van der Waals surface area contributed by atoms with E-state index in [0.29, 0.717) is 19.3 Å². The fourth-order valence-electron chi connectivity index (χ4n) is 7.67. The topological polar surface area (TPSA) is 78.9 Å². The molecule has 0 aliphatic carbocycles. The zero-order chi connectivity index (χ0) is 45.8. The van der Waals surface area contributed by atoms with Gasteiger partial charge in [0.1, 0.15) is 13.2 Å². The second-order valence-corrected chi connectivity index (χ2v) is 18.1. The minimum atomic E-state index is -0.774. The van der Waals surface area contributed by atoms with Crippen molar-refractivity contribution in [3.63, 3.8) is 0 Å². The number of ether oxygens (including phenoxy) is 3. The Morgan fingerprint density at radius 2 is 0.587 bits per heavy atom. The highest BCUT2D eigenvalue weighted by atomic mass is 16.6. The van der Waals surface area contributed by atoms with Gasteiger partial charge in [-0.1, -0.05) is 230 Å².